The molecule has 2 fully saturated rings. The lowest BCUT2D eigenvalue weighted by molar-refractivity contribution is 0.00578. The minimum absolute atomic E-state index is 0.0588. The van der Waals surface area contributed by atoms with Gasteiger partial charge in [0.2, 0.25) is 5.88 Å². The Morgan fingerprint density at radius 2 is 1.80 bits per heavy atom. The van der Waals surface area contributed by atoms with Gasteiger partial charge in [-0.1, -0.05) is 0 Å². The zero-order valence-corrected chi connectivity index (χ0v) is 16.7. The molecule has 1 saturated carbocycles. The lowest BCUT2D eigenvalue weighted by Crippen LogP contribution is -2.41. The molecule has 1 aromatic heterocycles. The van der Waals surface area contributed by atoms with Crippen molar-refractivity contribution in [3.05, 3.63) is 34.1 Å². The fourth-order valence-electron chi connectivity index (χ4n) is 3.01. The average molecular weight is 412 g/mol. The van der Waals surface area contributed by atoms with Crippen LogP contribution in [0.1, 0.15) is 53.4 Å². The molecule has 1 aliphatic heterocycles. The molecule has 3 rings (SSSR count). The predicted octanol–water partition coefficient (Wildman–Crippen LogP) is 5.02. The Hall–Kier alpha value is -0.915. The van der Waals surface area contributed by atoms with Gasteiger partial charge < -0.3 is 14.0 Å². The van der Waals surface area contributed by atoms with Gasteiger partial charge in [0.05, 0.1) is 11.2 Å². The second-order valence-corrected chi connectivity index (χ2v) is 8.59. The molecule has 2 heterocycles. The summed E-state index contributed by atoms with van der Waals surface area (Å²) >= 11 is 3.35. The second kappa shape index (κ2) is 7.01. The molecule has 0 N–H and O–H groups in total. The van der Waals surface area contributed by atoms with Gasteiger partial charge in [0.15, 0.2) is 0 Å². The van der Waals surface area contributed by atoms with Gasteiger partial charge in [-0.15, -0.1) is 0 Å². The SMILES string of the molecule is CC1(C)OB(C(F)=C2CCC(Oc3ccc(Br)cn3)CC2)OC1(C)C. The van der Waals surface area contributed by atoms with Gasteiger partial charge in [-0.25, -0.2) is 9.37 Å². The third kappa shape index (κ3) is 4.09. The summed E-state index contributed by atoms with van der Waals surface area (Å²) in [6.45, 7) is 7.73. The first-order valence-electron chi connectivity index (χ1n) is 8.69. The minimum atomic E-state index is -0.898. The average Bonchev–Trinajstić information content (AvgIpc) is 2.78. The van der Waals surface area contributed by atoms with E-state index in [0.717, 1.165) is 22.9 Å². The van der Waals surface area contributed by atoms with Crippen molar-refractivity contribution in [3.63, 3.8) is 0 Å². The van der Waals surface area contributed by atoms with Crippen LogP contribution in [0, 0.1) is 0 Å². The Morgan fingerprint density at radius 1 is 1.20 bits per heavy atom. The van der Waals surface area contributed by atoms with Crippen LogP contribution in [0.5, 0.6) is 5.88 Å². The number of halogens is 2. The summed E-state index contributed by atoms with van der Waals surface area (Å²) < 4.78 is 33.3. The van der Waals surface area contributed by atoms with Crippen molar-refractivity contribution in [1.29, 1.82) is 0 Å². The van der Waals surface area contributed by atoms with Crippen LogP contribution < -0.4 is 4.74 Å². The van der Waals surface area contributed by atoms with Crippen LogP contribution in [0.4, 0.5) is 4.39 Å². The molecular weight excluding hydrogens is 388 g/mol. The highest BCUT2D eigenvalue weighted by molar-refractivity contribution is 9.10. The standard InChI is InChI=1S/C18H24BBrFNO3/c1-17(2)18(3,4)25-19(24-17)16(21)12-5-8-14(9-6-12)23-15-10-7-13(20)11-22-15/h7,10-11,14H,5-6,8-9H2,1-4H3. The van der Waals surface area contributed by atoms with Gasteiger partial charge in [0, 0.05) is 16.7 Å². The molecule has 7 heteroatoms. The Labute approximate surface area is 157 Å². The van der Waals surface area contributed by atoms with Crippen molar-refractivity contribution in [1.82, 2.24) is 4.98 Å². The molecule has 25 heavy (non-hydrogen) atoms. The van der Waals surface area contributed by atoms with Crippen LogP contribution >= 0.6 is 15.9 Å². The topological polar surface area (TPSA) is 40.6 Å². The number of hydrogen-bond acceptors (Lipinski definition) is 4. The van der Waals surface area contributed by atoms with Crippen molar-refractivity contribution in [2.45, 2.75) is 70.7 Å². The van der Waals surface area contributed by atoms with E-state index < -0.39 is 18.3 Å². The summed E-state index contributed by atoms with van der Waals surface area (Å²) in [6.07, 6.45) is 4.60. The van der Waals surface area contributed by atoms with Crippen LogP contribution in [0.3, 0.4) is 0 Å². The molecule has 136 valence electrons. The van der Waals surface area contributed by atoms with Crippen LogP contribution in [0.2, 0.25) is 0 Å². The third-order valence-electron chi connectivity index (χ3n) is 5.32. The molecular formula is C18H24BBrFNO3. The molecule has 1 aromatic rings. The highest BCUT2D eigenvalue weighted by atomic mass is 79.9. The van der Waals surface area contributed by atoms with E-state index in [1.165, 1.54) is 0 Å². The Bertz CT molecular complexity index is 637. The second-order valence-electron chi connectivity index (χ2n) is 7.67. The highest BCUT2D eigenvalue weighted by Gasteiger charge is 2.53. The maximum atomic E-state index is 14.9. The Kier molecular flexibility index (Phi) is 5.29. The number of pyridine rings is 1. The van der Waals surface area contributed by atoms with Gasteiger partial charge >= 0.3 is 7.12 Å². The monoisotopic (exact) mass is 411 g/mol. The summed E-state index contributed by atoms with van der Waals surface area (Å²) in [6, 6.07) is 3.73. The zero-order chi connectivity index (χ0) is 18.2. The van der Waals surface area contributed by atoms with E-state index in [1.807, 2.05) is 39.8 Å². The zero-order valence-electron chi connectivity index (χ0n) is 15.1. The van der Waals surface area contributed by atoms with Crippen LogP contribution in [0.15, 0.2) is 34.1 Å². The first-order valence-corrected chi connectivity index (χ1v) is 9.48. The van der Waals surface area contributed by atoms with Crippen molar-refractivity contribution < 1.29 is 18.4 Å². The van der Waals surface area contributed by atoms with Crippen LogP contribution in [-0.2, 0) is 9.31 Å². The molecule has 0 aromatic carbocycles. The van der Waals surface area contributed by atoms with Crippen molar-refractivity contribution in [3.8, 4) is 5.88 Å². The maximum Gasteiger partial charge on any atom is 0.525 e. The fraction of sp³-hybridized carbons (Fsp3) is 0.611. The smallest absolute Gasteiger partial charge is 0.474 e. The van der Waals surface area contributed by atoms with E-state index in [1.54, 1.807) is 6.20 Å². The van der Waals surface area contributed by atoms with Crippen molar-refractivity contribution >= 4 is 23.0 Å². The molecule has 0 unspecified atom stereocenters. The molecule has 0 radical (unpaired) electrons. The van der Waals surface area contributed by atoms with E-state index in [-0.39, 0.29) is 11.8 Å². The molecule has 1 aliphatic carbocycles. The van der Waals surface area contributed by atoms with Gasteiger partial charge in [0.1, 0.15) is 11.8 Å². The summed E-state index contributed by atoms with van der Waals surface area (Å²) in [4.78, 5) is 4.23. The molecule has 0 bridgehead atoms. The first kappa shape index (κ1) is 18.9. The number of hydrogen-bond donors (Lipinski definition) is 0. The van der Waals surface area contributed by atoms with E-state index in [9.17, 15) is 4.39 Å². The number of ether oxygens (including phenoxy) is 1. The van der Waals surface area contributed by atoms with Crippen LogP contribution in [-0.4, -0.2) is 29.4 Å². The van der Waals surface area contributed by atoms with Gasteiger partial charge in [-0.2, -0.15) is 0 Å². The fourth-order valence-corrected chi connectivity index (χ4v) is 3.25. The van der Waals surface area contributed by atoms with Gasteiger partial charge in [-0.3, -0.25) is 0 Å². The summed E-state index contributed by atoms with van der Waals surface area (Å²) in [5, 5.41) is 0. The number of rotatable bonds is 3. The third-order valence-corrected chi connectivity index (χ3v) is 5.79. The largest absolute Gasteiger partial charge is 0.525 e. The van der Waals surface area contributed by atoms with E-state index in [4.69, 9.17) is 14.0 Å². The summed E-state index contributed by atoms with van der Waals surface area (Å²) in [7, 11) is -0.898. The van der Waals surface area contributed by atoms with Crippen LogP contribution in [0.25, 0.3) is 0 Å². The lowest BCUT2D eigenvalue weighted by atomic mass is 9.79. The lowest BCUT2D eigenvalue weighted by Gasteiger charge is -2.32. The predicted molar refractivity (Wildman–Crippen MR) is 99.0 cm³/mol. The van der Waals surface area contributed by atoms with E-state index >= 15 is 0 Å². The van der Waals surface area contributed by atoms with Crippen molar-refractivity contribution in [2.24, 2.45) is 0 Å². The molecule has 4 nitrogen and oxygen atoms in total. The maximum absolute atomic E-state index is 14.9. The number of nitrogens with zero attached hydrogens (tertiary/aromatic N) is 1. The number of allylic oxidation sites excluding steroid dienone is 1. The van der Waals surface area contributed by atoms with Crippen molar-refractivity contribution in [2.75, 3.05) is 0 Å². The number of aromatic nitrogens is 1. The molecule has 1 saturated heterocycles. The summed E-state index contributed by atoms with van der Waals surface area (Å²) in [5.74, 6) is 0.604. The quantitative estimate of drug-likeness (QED) is 0.654. The Balaban J connectivity index is 1.59. The van der Waals surface area contributed by atoms with E-state index in [2.05, 4.69) is 20.9 Å². The van der Waals surface area contributed by atoms with Gasteiger partial charge in [0.25, 0.3) is 0 Å². The molecule has 0 amide bonds. The highest BCUT2D eigenvalue weighted by Crippen LogP contribution is 2.40. The minimum Gasteiger partial charge on any atom is -0.474 e. The molecule has 0 spiro atoms. The molecule has 2 aliphatic rings. The normalized spacial score (nSPS) is 25.1. The summed E-state index contributed by atoms with van der Waals surface area (Å²) in [5.41, 5.74) is -0.535. The van der Waals surface area contributed by atoms with E-state index in [0.29, 0.717) is 18.7 Å². The Morgan fingerprint density at radius 3 is 2.32 bits per heavy atom. The first-order chi connectivity index (χ1) is 11.7. The molecule has 0 atom stereocenters. The van der Waals surface area contributed by atoms with Gasteiger partial charge in [-0.05, 0) is 80.9 Å².